The van der Waals surface area contributed by atoms with Gasteiger partial charge in [0.05, 0.1) is 6.54 Å². The molecule has 0 radical (unpaired) electrons. The zero-order valence-corrected chi connectivity index (χ0v) is 8.66. The lowest BCUT2D eigenvalue weighted by atomic mass is 10.3. The third-order valence-corrected chi connectivity index (χ3v) is 1.14. The van der Waals surface area contributed by atoms with Crippen LogP contribution in [0, 0.1) is 5.92 Å². The van der Waals surface area contributed by atoms with Crippen LogP contribution < -0.4 is 0 Å². The number of hydrogen-bond acceptors (Lipinski definition) is 3. The first-order chi connectivity index (χ1) is 5.95. The molecule has 0 saturated carbocycles. The molecule has 4 nitrogen and oxygen atoms in total. The number of amides is 2. The van der Waals surface area contributed by atoms with Gasteiger partial charge in [0.1, 0.15) is 6.61 Å². The van der Waals surface area contributed by atoms with Crippen molar-refractivity contribution in [2.75, 3.05) is 13.2 Å². The molecule has 1 rings (SSSR count). The van der Waals surface area contributed by atoms with Gasteiger partial charge in [0.2, 0.25) is 5.91 Å². The lowest BCUT2D eigenvalue weighted by Crippen LogP contribution is -2.28. The molecule has 0 aromatic carbocycles. The average molecular weight is 187 g/mol. The summed E-state index contributed by atoms with van der Waals surface area (Å²) in [4.78, 5) is 22.0. The fourth-order valence-electron chi connectivity index (χ4n) is 0.679. The molecule has 0 atom stereocenters. The van der Waals surface area contributed by atoms with E-state index in [1.807, 2.05) is 0 Å². The van der Waals surface area contributed by atoms with Gasteiger partial charge in [-0.15, -0.1) is 0 Å². The van der Waals surface area contributed by atoms with Crippen LogP contribution in [-0.2, 0) is 9.53 Å². The average Bonchev–Trinajstić information content (AvgIpc) is 2.33. The molecule has 76 valence electrons. The van der Waals surface area contributed by atoms with Gasteiger partial charge in [0.25, 0.3) is 0 Å². The fraction of sp³-hybridized carbons (Fsp3) is 0.778. The summed E-state index contributed by atoms with van der Waals surface area (Å²) in [5.41, 5.74) is 0. The zero-order valence-electron chi connectivity index (χ0n) is 8.66. The number of imide groups is 1. The van der Waals surface area contributed by atoms with E-state index in [0.29, 0.717) is 13.2 Å². The van der Waals surface area contributed by atoms with Crippen LogP contribution in [-0.4, -0.2) is 30.1 Å². The predicted molar refractivity (Wildman–Crippen MR) is 49.2 cm³/mol. The molecule has 0 aromatic rings. The predicted octanol–water partition coefficient (Wildman–Crippen LogP) is 1.65. The van der Waals surface area contributed by atoms with E-state index in [2.05, 4.69) is 25.5 Å². The van der Waals surface area contributed by atoms with Crippen molar-refractivity contribution in [2.45, 2.75) is 27.7 Å². The summed E-state index contributed by atoms with van der Waals surface area (Å²) in [5, 5.41) is 0. The Morgan fingerprint density at radius 2 is 1.92 bits per heavy atom. The summed E-state index contributed by atoms with van der Waals surface area (Å²) in [7, 11) is 0. The quantitative estimate of drug-likeness (QED) is 0.579. The third kappa shape index (κ3) is 5.22. The molecule has 0 spiro atoms. The fourth-order valence-corrected chi connectivity index (χ4v) is 0.679. The van der Waals surface area contributed by atoms with Crippen LogP contribution in [0.15, 0.2) is 0 Å². The standard InChI is InChI=1S/C5H7NO3.C4H10/c1-4(7)6-2-3-9-5(6)8;1-4(2)3/h2-3H2,1H3;4H,1-3H3. The maximum Gasteiger partial charge on any atom is 0.416 e. The Bertz CT molecular complexity index is 187. The molecule has 0 N–H and O–H groups in total. The van der Waals surface area contributed by atoms with Crippen molar-refractivity contribution in [3.63, 3.8) is 0 Å². The molecule has 13 heavy (non-hydrogen) atoms. The molecular weight excluding hydrogens is 170 g/mol. The van der Waals surface area contributed by atoms with E-state index < -0.39 is 6.09 Å². The van der Waals surface area contributed by atoms with Crippen molar-refractivity contribution in [1.29, 1.82) is 0 Å². The molecule has 4 heteroatoms. The van der Waals surface area contributed by atoms with Gasteiger partial charge in [0.15, 0.2) is 0 Å². The SMILES string of the molecule is CC(=O)N1CCOC1=O.CC(C)C. The van der Waals surface area contributed by atoms with Gasteiger partial charge in [-0.05, 0) is 5.92 Å². The Labute approximate surface area is 78.9 Å². The van der Waals surface area contributed by atoms with Crippen LogP contribution in [0.2, 0.25) is 0 Å². The number of hydrogen-bond donors (Lipinski definition) is 0. The van der Waals surface area contributed by atoms with Crippen molar-refractivity contribution in [3.8, 4) is 0 Å². The highest BCUT2D eigenvalue weighted by atomic mass is 16.6. The third-order valence-electron chi connectivity index (χ3n) is 1.14. The van der Waals surface area contributed by atoms with Crippen molar-refractivity contribution in [3.05, 3.63) is 0 Å². The van der Waals surface area contributed by atoms with Gasteiger partial charge in [-0.1, -0.05) is 20.8 Å². The minimum atomic E-state index is -0.525. The van der Waals surface area contributed by atoms with Crippen LogP contribution in [0.4, 0.5) is 4.79 Å². The van der Waals surface area contributed by atoms with E-state index in [9.17, 15) is 9.59 Å². The zero-order chi connectivity index (χ0) is 10.4. The van der Waals surface area contributed by atoms with Crippen molar-refractivity contribution < 1.29 is 14.3 Å². The van der Waals surface area contributed by atoms with Crippen LogP contribution in [0.1, 0.15) is 27.7 Å². The Morgan fingerprint density at radius 3 is 2.08 bits per heavy atom. The van der Waals surface area contributed by atoms with E-state index in [1.54, 1.807) is 0 Å². The number of nitrogens with zero attached hydrogens (tertiary/aromatic N) is 1. The van der Waals surface area contributed by atoms with Gasteiger partial charge >= 0.3 is 6.09 Å². The first-order valence-corrected chi connectivity index (χ1v) is 4.40. The molecule has 0 aliphatic carbocycles. The first kappa shape index (κ1) is 11.9. The Balaban J connectivity index is 0.000000310. The monoisotopic (exact) mass is 187 g/mol. The van der Waals surface area contributed by atoms with Crippen LogP contribution in [0.3, 0.4) is 0 Å². The summed E-state index contributed by atoms with van der Waals surface area (Å²) in [6.07, 6.45) is -0.525. The minimum Gasteiger partial charge on any atom is -0.447 e. The van der Waals surface area contributed by atoms with Crippen molar-refractivity contribution in [1.82, 2.24) is 4.90 Å². The number of cyclic esters (lactones) is 1. The number of rotatable bonds is 0. The number of carbonyl (C=O) groups excluding carboxylic acids is 2. The summed E-state index contributed by atoms with van der Waals surface area (Å²) in [6.45, 7) is 8.57. The van der Waals surface area contributed by atoms with E-state index in [0.717, 1.165) is 10.8 Å². The Hall–Kier alpha value is -1.06. The van der Waals surface area contributed by atoms with Gasteiger partial charge in [-0.25, -0.2) is 9.69 Å². The van der Waals surface area contributed by atoms with Crippen molar-refractivity contribution in [2.24, 2.45) is 5.92 Å². The molecule has 1 aliphatic rings. The highest BCUT2D eigenvalue weighted by Gasteiger charge is 2.24. The molecule has 1 fully saturated rings. The minimum absolute atomic E-state index is 0.252. The molecule has 1 aliphatic heterocycles. The first-order valence-electron chi connectivity index (χ1n) is 4.40. The van der Waals surface area contributed by atoms with Crippen LogP contribution in [0.5, 0.6) is 0 Å². The summed E-state index contributed by atoms with van der Waals surface area (Å²) >= 11 is 0. The molecule has 0 aromatic heterocycles. The highest BCUT2D eigenvalue weighted by Crippen LogP contribution is 2.01. The normalized spacial score (nSPS) is 15.2. The van der Waals surface area contributed by atoms with Gasteiger partial charge in [-0.3, -0.25) is 4.79 Å². The molecule has 0 unspecified atom stereocenters. The van der Waals surface area contributed by atoms with Gasteiger partial charge in [-0.2, -0.15) is 0 Å². The van der Waals surface area contributed by atoms with Crippen LogP contribution >= 0.6 is 0 Å². The number of ether oxygens (including phenoxy) is 1. The summed E-state index contributed by atoms with van der Waals surface area (Å²) < 4.78 is 4.49. The molecule has 2 amide bonds. The molecular formula is C9H17NO3. The van der Waals surface area contributed by atoms with E-state index >= 15 is 0 Å². The second-order valence-corrected chi connectivity index (χ2v) is 3.52. The molecule has 0 bridgehead atoms. The van der Waals surface area contributed by atoms with Crippen molar-refractivity contribution >= 4 is 12.0 Å². The summed E-state index contributed by atoms with van der Waals surface area (Å²) in [6, 6.07) is 0. The molecule has 1 saturated heterocycles. The van der Waals surface area contributed by atoms with Crippen LogP contribution in [0.25, 0.3) is 0 Å². The topological polar surface area (TPSA) is 46.6 Å². The second kappa shape index (κ2) is 5.56. The Morgan fingerprint density at radius 1 is 1.46 bits per heavy atom. The maximum atomic E-state index is 10.5. The maximum absolute atomic E-state index is 10.5. The smallest absolute Gasteiger partial charge is 0.416 e. The summed E-state index contributed by atoms with van der Waals surface area (Å²) in [5.74, 6) is 0.581. The largest absolute Gasteiger partial charge is 0.447 e. The van der Waals surface area contributed by atoms with E-state index in [4.69, 9.17) is 0 Å². The lowest BCUT2D eigenvalue weighted by molar-refractivity contribution is -0.125. The number of carbonyl (C=O) groups is 2. The van der Waals surface area contributed by atoms with E-state index in [1.165, 1.54) is 6.92 Å². The lowest BCUT2D eigenvalue weighted by Gasteiger charge is -2.04. The van der Waals surface area contributed by atoms with E-state index in [-0.39, 0.29) is 5.91 Å². The van der Waals surface area contributed by atoms with Gasteiger partial charge in [0, 0.05) is 6.92 Å². The van der Waals surface area contributed by atoms with Gasteiger partial charge < -0.3 is 4.74 Å². The highest BCUT2D eigenvalue weighted by molar-refractivity contribution is 5.91. The second-order valence-electron chi connectivity index (χ2n) is 3.52. The molecule has 1 heterocycles. The Kier molecular flexibility index (Phi) is 5.11.